The van der Waals surface area contributed by atoms with Crippen molar-refractivity contribution in [3.05, 3.63) is 44.8 Å². The van der Waals surface area contributed by atoms with Gasteiger partial charge in [-0.2, -0.15) is 0 Å². The number of rotatable bonds is 2. The van der Waals surface area contributed by atoms with Crippen LogP contribution >= 0.6 is 11.6 Å². The van der Waals surface area contributed by atoms with E-state index in [1.807, 2.05) is 25.1 Å². The van der Waals surface area contributed by atoms with Gasteiger partial charge in [-0.3, -0.25) is 0 Å². The average Bonchev–Trinajstić information content (AvgIpc) is 2.23. The molecule has 0 bridgehead atoms. The van der Waals surface area contributed by atoms with Gasteiger partial charge in [-0.15, -0.1) is 0 Å². The third-order valence-electron chi connectivity index (χ3n) is 1.79. The van der Waals surface area contributed by atoms with Crippen molar-refractivity contribution in [2.45, 2.75) is 13.3 Å². The molecule has 1 aromatic rings. The lowest BCUT2D eigenvalue weighted by Gasteiger charge is -1.96. The molecule has 0 N–H and O–H groups in total. The molecule has 0 unspecified atom stereocenters. The van der Waals surface area contributed by atoms with Crippen molar-refractivity contribution in [3.63, 3.8) is 0 Å². The monoisotopic (exact) mass is 219 g/mol. The van der Waals surface area contributed by atoms with E-state index in [4.69, 9.17) is 17.1 Å². The van der Waals surface area contributed by atoms with Gasteiger partial charge in [-0.25, -0.2) is 0 Å². The van der Waals surface area contributed by atoms with Crippen LogP contribution in [0.25, 0.3) is 10.4 Å². The van der Waals surface area contributed by atoms with Crippen LogP contribution in [-0.2, 0) is 0 Å². The van der Waals surface area contributed by atoms with Crippen molar-refractivity contribution >= 4 is 11.6 Å². The van der Waals surface area contributed by atoms with Crippen molar-refractivity contribution in [1.82, 2.24) is 0 Å². The molecule has 1 aromatic carbocycles. The van der Waals surface area contributed by atoms with Crippen LogP contribution in [0.15, 0.2) is 23.3 Å². The molecule has 0 saturated heterocycles. The van der Waals surface area contributed by atoms with Gasteiger partial charge >= 0.3 is 0 Å². The zero-order chi connectivity index (χ0) is 11.1. The number of halogens is 1. The Morgan fingerprint density at radius 2 is 2.33 bits per heavy atom. The third-order valence-corrected chi connectivity index (χ3v) is 2.21. The molecule has 0 aliphatic heterocycles. The normalized spacial score (nSPS) is 8.67. The predicted octanol–water partition coefficient (Wildman–Crippen LogP) is 3.70. The highest BCUT2D eigenvalue weighted by molar-refractivity contribution is 6.31. The topological polar surface area (TPSA) is 48.8 Å². The molecular formula is C11H10ClN3. The van der Waals surface area contributed by atoms with Crippen molar-refractivity contribution in [2.75, 3.05) is 6.54 Å². The number of azide groups is 1. The van der Waals surface area contributed by atoms with Crippen LogP contribution < -0.4 is 0 Å². The molecule has 15 heavy (non-hydrogen) atoms. The lowest BCUT2D eigenvalue weighted by atomic mass is 10.1. The fourth-order valence-electron chi connectivity index (χ4n) is 1.04. The summed E-state index contributed by atoms with van der Waals surface area (Å²) in [6.07, 6.45) is 0.575. The molecule has 1 rings (SSSR count). The van der Waals surface area contributed by atoms with E-state index < -0.39 is 0 Å². The van der Waals surface area contributed by atoms with E-state index in [0.717, 1.165) is 16.1 Å². The molecule has 0 spiro atoms. The molecule has 76 valence electrons. The fourth-order valence-corrected chi connectivity index (χ4v) is 1.16. The highest BCUT2D eigenvalue weighted by Gasteiger charge is 1.93. The van der Waals surface area contributed by atoms with Crippen molar-refractivity contribution < 1.29 is 0 Å². The van der Waals surface area contributed by atoms with E-state index in [9.17, 15) is 0 Å². The summed E-state index contributed by atoms with van der Waals surface area (Å²) in [5.74, 6) is 5.90. The van der Waals surface area contributed by atoms with Crippen LogP contribution in [0.1, 0.15) is 17.5 Å². The van der Waals surface area contributed by atoms with Crippen LogP contribution in [-0.4, -0.2) is 6.54 Å². The Balaban J connectivity index is 2.64. The molecule has 0 aliphatic rings. The highest BCUT2D eigenvalue weighted by Crippen LogP contribution is 2.15. The number of hydrogen-bond acceptors (Lipinski definition) is 1. The molecule has 0 radical (unpaired) electrons. The average molecular weight is 220 g/mol. The summed E-state index contributed by atoms with van der Waals surface area (Å²) in [6.45, 7) is 2.35. The largest absolute Gasteiger partial charge is 0.0978 e. The van der Waals surface area contributed by atoms with Gasteiger partial charge in [0.15, 0.2) is 0 Å². The molecule has 3 nitrogen and oxygen atoms in total. The molecule has 0 saturated carbocycles. The van der Waals surface area contributed by atoms with Crippen LogP contribution in [0, 0.1) is 18.8 Å². The molecular weight excluding hydrogens is 210 g/mol. The minimum atomic E-state index is 0.413. The second-order valence-electron chi connectivity index (χ2n) is 2.97. The molecule has 0 amide bonds. The smallest absolute Gasteiger partial charge is 0.0436 e. The molecule has 0 aromatic heterocycles. The molecule has 0 heterocycles. The maximum atomic E-state index is 8.05. The predicted molar refractivity (Wildman–Crippen MR) is 61.7 cm³/mol. The summed E-state index contributed by atoms with van der Waals surface area (Å²) < 4.78 is 0. The SMILES string of the molecule is Cc1cc(C#CCCN=[N+]=[N-])ccc1Cl. The second kappa shape index (κ2) is 5.98. The first kappa shape index (κ1) is 11.5. The molecule has 0 atom stereocenters. The molecule has 4 heteroatoms. The van der Waals surface area contributed by atoms with E-state index in [2.05, 4.69) is 21.9 Å². The summed E-state index contributed by atoms with van der Waals surface area (Å²) in [7, 11) is 0. The summed E-state index contributed by atoms with van der Waals surface area (Å²) in [6, 6.07) is 5.63. The zero-order valence-corrected chi connectivity index (χ0v) is 9.12. The number of aryl methyl sites for hydroxylation is 1. The minimum absolute atomic E-state index is 0.413. The van der Waals surface area contributed by atoms with Gasteiger partial charge in [0, 0.05) is 28.5 Å². The summed E-state index contributed by atoms with van der Waals surface area (Å²) in [5, 5.41) is 4.14. The van der Waals surface area contributed by atoms with Crippen molar-refractivity contribution in [2.24, 2.45) is 5.11 Å². The lowest BCUT2D eigenvalue weighted by molar-refractivity contribution is 1.01. The Labute approximate surface area is 93.7 Å². The van der Waals surface area contributed by atoms with Gasteiger partial charge < -0.3 is 0 Å². The van der Waals surface area contributed by atoms with Crippen LogP contribution in [0.3, 0.4) is 0 Å². The van der Waals surface area contributed by atoms with Gasteiger partial charge in [-0.1, -0.05) is 28.6 Å². The van der Waals surface area contributed by atoms with E-state index in [1.54, 1.807) is 0 Å². The first-order valence-electron chi connectivity index (χ1n) is 4.50. The third kappa shape index (κ3) is 3.95. The van der Waals surface area contributed by atoms with Crippen molar-refractivity contribution in [1.29, 1.82) is 0 Å². The first-order chi connectivity index (χ1) is 7.24. The van der Waals surface area contributed by atoms with Crippen LogP contribution in [0.2, 0.25) is 5.02 Å². The number of benzene rings is 1. The van der Waals surface area contributed by atoms with Gasteiger partial charge in [0.2, 0.25) is 0 Å². The zero-order valence-electron chi connectivity index (χ0n) is 8.37. The maximum absolute atomic E-state index is 8.05. The van der Waals surface area contributed by atoms with E-state index >= 15 is 0 Å². The Morgan fingerprint density at radius 3 is 3.00 bits per heavy atom. The number of hydrogen-bond donors (Lipinski definition) is 0. The van der Waals surface area contributed by atoms with Crippen LogP contribution in [0.5, 0.6) is 0 Å². The fraction of sp³-hybridized carbons (Fsp3) is 0.273. The Kier molecular flexibility index (Phi) is 4.56. The van der Waals surface area contributed by atoms with Gasteiger partial charge in [0.05, 0.1) is 0 Å². The number of nitrogens with zero attached hydrogens (tertiary/aromatic N) is 3. The first-order valence-corrected chi connectivity index (χ1v) is 4.87. The van der Waals surface area contributed by atoms with Crippen molar-refractivity contribution in [3.8, 4) is 11.8 Å². The quantitative estimate of drug-likeness (QED) is 0.239. The maximum Gasteiger partial charge on any atom is 0.0436 e. The Hall–Kier alpha value is -1.62. The summed E-state index contributed by atoms with van der Waals surface area (Å²) >= 11 is 5.88. The molecule has 0 fully saturated rings. The Bertz CT molecular complexity index is 451. The highest BCUT2D eigenvalue weighted by atomic mass is 35.5. The van der Waals surface area contributed by atoms with Gasteiger partial charge in [0.1, 0.15) is 0 Å². The van der Waals surface area contributed by atoms with Gasteiger partial charge in [0.25, 0.3) is 0 Å². The van der Waals surface area contributed by atoms with Gasteiger partial charge in [-0.05, 0) is 36.2 Å². The summed E-state index contributed by atoms with van der Waals surface area (Å²) in [5.41, 5.74) is 9.99. The van der Waals surface area contributed by atoms with E-state index in [0.29, 0.717) is 13.0 Å². The minimum Gasteiger partial charge on any atom is -0.0978 e. The lowest BCUT2D eigenvalue weighted by Crippen LogP contribution is -1.79. The van der Waals surface area contributed by atoms with Crippen LogP contribution in [0.4, 0.5) is 0 Å². The second-order valence-corrected chi connectivity index (χ2v) is 3.38. The standard InChI is InChI=1S/C11H10ClN3/c1-9-8-10(5-6-11(9)12)4-2-3-7-14-15-13/h5-6,8H,3,7H2,1H3. The van der Waals surface area contributed by atoms with E-state index in [-0.39, 0.29) is 0 Å². The van der Waals surface area contributed by atoms with E-state index in [1.165, 1.54) is 0 Å². The molecule has 0 aliphatic carbocycles. The Morgan fingerprint density at radius 1 is 1.53 bits per heavy atom. The summed E-state index contributed by atoms with van der Waals surface area (Å²) in [4.78, 5) is 2.65.